The van der Waals surface area contributed by atoms with Crippen molar-refractivity contribution in [1.82, 2.24) is 14.7 Å². The predicted octanol–water partition coefficient (Wildman–Crippen LogP) is 2.80. The van der Waals surface area contributed by atoms with E-state index in [0.717, 1.165) is 22.5 Å². The number of rotatable bonds is 3. The maximum Gasteiger partial charge on any atom is 0.254 e. The molecule has 24 heavy (non-hydrogen) atoms. The summed E-state index contributed by atoms with van der Waals surface area (Å²) < 4.78 is 7.69. The van der Waals surface area contributed by atoms with Crippen molar-refractivity contribution in [3.05, 3.63) is 52.8 Å². The molecule has 1 amide bonds. The smallest absolute Gasteiger partial charge is 0.254 e. The molecule has 0 unspecified atom stereocenters. The standard InChI is InChI=1S/C19H25N3O2/c1-13-8-14(2)22(20-13)12-17-6-5-7-18(9-17)19(23)21-10-15(3)24-16(4)11-21/h5-9,15-16H,10-12H2,1-4H3/t15-,16+. The molecule has 2 aromatic rings. The van der Waals surface area contributed by atoms with Crippen molar-refractivity contribution in [2.45, 2.75) is 46.4 Å². The number of carbonyl (C=O) groups is 1. The van der Waals surface area contributed by atoms with Gasteiger partial charge in [-0.1, -0.05) is 12.1 Å². The van der Waals surface area contributed by atoms with Gasteiger partial charge in [0, 0.05) is 24.3 Å². The van der Waals surface area contributed by atoms with E-state index in [1.54, 1.807) is 0 Å². The lowest BCUT2D eigenvalue weighted by Gasteiger charge is -2.35. The van der Waals surface area contributed by atoms with E-state index < -0.39 is 0 Å². The SMILES string of the molecule is Cc1cc(C)n(Cc2cccc(C(=O)N3C[C@@H](C)O[C@@H](C)C3)c2)n1. The van der Waals surface area contributed by atoms with Crippen LogP contribution in [-0.4, -0.2) is 45.9 Å². The summed E-state index contributed by atoms with van der Waals surface area (Å²) in [5.74, 6) is 0.0761. The Labute approximate surface area is 143 Å². The van der Waals surface area contributed by atoms with Crippen LogP contribution in [0.4, 0.5) is 0 Å². The molecule has 1 aliphatic rings. The maximum atomic E-state index is 12.8. The lowest BCUT2D eigenvalue weighted by Crippen LogP contribution is -2.48. The van der Waals surface area contributed by atoms with Gasteiger partial charge in [-0.2, -0.15) is 5.10 Å². The zero-order chi connectivity index (χ0) is 17.3. The molecule has 0 spiro atoms. The summed E-state index contributed by atoms with van der Waals surface area (Å²) in [7, 11) is 0. The Hall–Kier alpha value is -2.14. The van der Waals surface area contributed by atoms with Crippen LogP contribution in [0.15, 0.2) is 30.3 Å². The molecule has 5 heteroatoms. The molecule has 2 heterocycles. The van der Waals surface area contributed by atoms with Gasteiger partial charge in [-0.05, 0) is 51.5 Å². The fraction of sp³-hybridized carbons (Fsp3) is 0.474. The van der Waals surface area contributed by atoms with Crippen LogP contribution in [0.25, 0.3) is 0 Å². The third-order valence-electron chi connectivity index (χ3n) is 4.32. The molecule has 1 fully saturated rings. The fourth-order valence-electron chi connectivity index (χ4n) is 3.34. The molecule has 0 saturated carbocycles. The van der Waals surface area contributed by atoms with Gasteiger partial charge in [-0.15, -0.1) is 0 Å². The van der Waals surface area contributed by atoms with Crippen LogP contribution in [0.1, 0.15) is 41.2 Å². The second kappa shape index (κ2) is 6.77. The molecule has 0 bridgehead atoms. The van der Waals surface area contributed by atoms with E-state index in [1.165, 1.54) is 0 Å². The van der Waals surface area contributed by atoms with Crippen molar-refractivity contribution in [1.29, 1.82) is 0 Å². The molecule has 2 atom stereocenters. The number of benzene rings is 1. The number of aromatic nitrogens is 2. The minimum Gasteiger partial charge on any atom is -0.372 e. The Kier molecular flexibility index (Phi) is 4.71. The molecular formula is C19H25N3O2. The maximum absolute atomic E-state index is 12.8. The molecule has 0 N–H and O–H groups in total. The van der Waals surface area contributed by atoms with Gasteiger partial charge in [-0.25, -0.2) is 0 Å². The van der Waals surface area contributed by atoms with Gasteiger partial charge in [0.25, 0.3) is 5.91 Å². The van der Waals surface area contributed by atoms with E-state index >= 15 is 0 Å². The van der Waals surface area contributed by atoms with E-state index in [0.29, 0.717) is 19.6 Å². The molecule has 1 aliphatic heterocycles. The van der Waals surface area contributed by atoms with Crippen LogP contribution in [0.5, 0.6) is 0 Å². The molecular weight excluding hydrogens is 302 g/mol. The van der Waals surface area contributed by atoms with Crippen molar-refractivity contribution < 1.29 is 9.53 Å². The minimum atomic E-state index is 0.0761. The third kappa shape index (κ3) is 3.67. The number of carbonyl (C=O) groups excluding carboxylic acids is 1. The molecule has 1 aromatic carbocycles. The normalized spacial score (nSPS) is 21.1. The first-order valence-electron chi connectivity index (χ1n) is 8.47. The van der Waals surface area contributed by atoms with Gasteiger partial charge in [0.05, 0.1) is 24.4 Å². The largest absolute Gasteiger partial charge is 0.372 e. The minimum absolute atomic E-state index is 0.0761. The van der Waals surface area contributed by atoms with Crippen molar-refractivity contribution >= 4 is 5.91 Å². The van der Waals surface area contributed by atoms with Gasteiger partial charge in [0.15, 0.2) is 0 Å². The Balaban J connectivity index is 1.77. The predicted molar refractivity (Wildman–Crippen MR) is 93.2 cm³/mol. The number of nitrogens with zero attached hydrogens (tertiary/aromatic N) is 3. The lowest BCUT2D eigenvalue weighted by atomic mass is 10.1. The molecule has 128 valence electrons. The molecule has 0 aliphatic carbocycles. The van der Waals surface area contributed by atoms with Crippen LogP contribution in [-0.2, 0) is 11.3 Å². The number of ether oxygens (including phenoxy) is 1. The lowest BCUT2D eigenvalue weighted by molar-refractivity contribution is -0.0586. The van der Waals surface area contributed by atoms with Crippen LogP contribution in [0, 0.1) is 13.8 Å². The quantitative estimate of drug-likeness (QED) is 0.871. The topological polar surface area (TPSA) is 47.4 Å². The van der Waals surface area contributed by atoms with E-state index in [4.69, 9.17) is 4.74 Å². The van der Waals surface area contributed by atoms with Gasteiger partial charge >= 0.3 is 0 Å². The second-order valence-electron chi connectivity index (χ2n) is 6.75. The monoisotopic (exact) mass is 327 g/mol. The van der Waals surface area contributed by atoms with E-state index in [9.17, 15) is 4.79 Å². The second-order valence-corrected chi connectivity index (χ2v) is 6.75. The number of amides is 1. The van der Waals surface area contributed by atoms with Crippen LogP contribution >= 0.6 is 0 Å². The number of morpholine rings is 1. The summed E-state index contributed by atoms with van der Waals surface area (Å²) in [6.45, 7) is 10.0. The Morgan fingerprint density at radius 1 is 1.21 bits per heavy atom. The zero-order valence-electron chi connectivity index (χ0n) is 14.8. The van der Waals surface area contributed by atoms with Gasteiger partial charge in [-0.3, -0.25) is 9.48 Å². The summed E-state index contributed by atoms with van der Waals surface area (Å²) in [5, 5.41) is 4.49. The third-order valence-corrected chi connectivity index (χ3v) is 4.32. The molecule has 5 nitrogen and oxygen atoms in total. The van der Waals surface area contributed by atoms with Crippen molar-refractivity contribution in [3.8, 4) is 0 Å². The van der Waals surface area contributed by atoms with Crippen molar-refractivity contribution in [2.24, 2.45) is 0 Å². The highest BCUT2D eigenvalue weighted by Crippen LogP contribution is 2.16. The molecule has 1 saturated heterocycles. The first-order chi connectivity index (χ1) is 11.4. The summed E-state index contributed by atoms with van der Waals surface area (Å²) in [5.41, 5.74) is 3.95. The highest BCUT2D eigenvalue weighted by Gasteiger charge is 2.26. The summed E-state index contributed by atoms with van der Waals surface area (Å²) in [6, 6.07) is 9.91. The highest BCUT2D eigenvalue weighted by molar-refractivity contribution is 5.94. The Bertz CT molecular complexity index is 728. The Morgan fingerprint density at radius 3 is 2.54 bits per heavy atom. The van der Waals surface area contributed by atoms with Crippen molar-refractivity contribution in [3.63, 3.8) is 0 Å². The summed E-state index contributed by atoms with van der Waals surface area (Å²) >= 11 is 0. The van der Waals surface area contributed by atoms with E-state index in [-0.39, 0.29) is 18.1 Å². The highest BCUT2D eigenvalue weighted by atomic mass is 16.5. The zero-order valence-corrected chi connectivity index (χ0v) is 14.8. The van der Waals surface area contributed by atoms with Gasteiger partial charge in [0.1, 0.15) is 0 Å². The van der Waals surface area contributed by atoms with Crippen LogP contribution in [0.2, 0.25) is 0 Å². The number of hydrogen-bond acceptors (Lipinski definition) is 3. The Morgan fingerprint density at radius 2 is 1.92 bits per heavy atom. The number of aryl methyl sites for hydroxylation is 2. The van der Waals surface area contributed by atoms with E-state index in [1.807, 2.05) is 61.5 Å². The summed E-state index contributed by atoms with van der Waals surface area (Å²) in [4.78, 5) is 14.7. The fourth-order valence-corrected chi connectivity index (χ4v) is 3.34. The first-order valence-corrected chi connectivity index (χ1v) is 8.47. The van der Waals surface area contributed by atoms with Gasteiger partial charge < -0.3 is 9.64 Å². The van der Waals surface area contributed by atoms with E-state index in [2.05, 4.69) is 11.2 Å². The van der Waals surface area contributed by atoms with Gasteiger partial charge in [0.2, 0.25) is 0 Å². The van der Waals surface area contributed by atoms with Crippen molar-refractivity contribution in [2.75, 3.05) is 13.1 Å². The first kappa shape index (κ1) is 16.7. The summed E-state index contributed by atoms with van der Waals surface area (Å²) in [6.07, 6.45) is 0.158. The average Bonchev–Trinajstić information content (AvgIpc) is 2.83. The molecule has 3 rings (SSSR count). The molecule has 1 aromatic heterocycles. The average molecular weight is 327 g/mol. The van der Waals surface area contributed by atoms with Crippen LogP contribution < -0.4 is 0 Å². The molecule has 0 radical (unpaired) electrons. The van der Waals surface area contributed by atoms with Crippen LogP contribution in [0.3, 0.4) is 0 Å². The number of hydrogen-bond donors (Lipinski definition) is 0.